The van der Waals surface area contributed by atoms with Crippen LogP contribution in [0.15, 0.2) is 43.2 Å². The number of nitrogens with zero attached hydrogens (tertiary/aromatic N) is 5. The Hall–Kier alpha value is -3.33. The number of fused-ring (bicyclic) bond motifs is 1. The molecule has 0 fully saturated rings. The van der Waals surface area contributed by atoms with E-state index in [2.05, 4.69) is 49.6 Å². The fourth-order valence-corrected chi connectivity index (χ4v) is 4.09. The normalized spacial score (nSPS) is 11.0. The SMILES string of the molecule is CCOC(=O)c1sc2ncnc(NCc3ccc(Cn4cncn4)cc3)c2c1C. The highest BCUT2D eigenvalue weighted by Gasteiger charge is 2.20. The van der Waals surface area contributed by atoms with Gasteiger partial charge in [-0.05, 0) is 30.5 Å². The Bertz CT molecular complexity index is 1120. The van der Waals surface area contributed by atoms with Crippen molar-refractivity contribution >= 4 is 33.3 Å². The molecule has 0 unspecified atom stereocenters. The van der Waals surface area contributed by atoms with Crippen LogP contribution < -0.4 is 5.32 Å². The van der Waals surface area contributed by atoms with Gasteiger partial charge in [0.25, 0.3) is 0 Å². The smallest absolute Gasteiger partial charge is 0.348 e. The first-order chi connectivity index (χ1) is 14.2. The quantitative estimate of drug-likeness (QED) is 0.468. The highest BCUT2D eigenvalue weighted by molar-refractivity contribution is 7.20. The highest BCUT2D eigenvalue weighted by atomic mass is 32.1. The Morgan fingerprint density at radius 3 is 2.69 bits per heavy atom. The van der Waals surface area contributed by atoms with Gasteiger partial charge >= 0.3 is 5.97 Å². The monoisotopic (exact) mass is 408 g/mol. The Balaban J connectivity index is 1.50. The van der Waals surface area contributed by atoms with E-state index in [4.69, 9.17) is 4.74 Å². The predicted molar refractivity (Wildman–Crippen MR) is 111 cm³/mol. The van der Waals surface area contributed by atoms with Crippen LogP contribution in [0.25, 0.3) is 10.2 Å². The molecule has 0 saturated heterocycles. The van der Waals surface area contributed by atoms with Crippen molar-refractivity contribution < 1.29 is 9.53 Å². The number of hydrogen-bond acceptors (Lipinski definition) is 8. The lowest BCUT2D eigenvalue weighted by Crippen LogP contribution is -2.05. The fourth-order valence-electron chi connectivity index (χ4n) is 3.05. The van der Waals surface area contributed by atoms with Gasteiger partial charge in [-0.1, -0.05) is 24.3 Å². The van der Waals surface area contributed by atoms with Crippen LogP contribution in [0.3, 0.4) is 0 Å². The standard InChI is InChI=1S/C20H20N6O2S/c1-3-28-20(27)17-13(2)16-18(23-11-24-19(16)29-17)22-8-14-4-6-15(7-5-14)9-26-12-21-10-25-26/h4-7,10-12H,3,8-9H2,1-2H3,(H,22,23,24). The molecule has 1 aromatic carbocycles. The zero-order valence-electron chi connectivity index (χ0n) is 16.1. The first-order valence-electron chi connectivity index (χ1n) is 9.21. The van der Waals surface area contributed by atoms with Gasteiger partial charge in [0, 0.05) is 6.54 Å². The van der Waals surface area contributed by atoms with Crippen LogP contribution in [0.2, 0.25) is 0 Å². The summed E-state index contributed by atoms with van der Waals surface area (Å²) in [5.74, 6) is 0.396. The number of hydrogen-bond donors (Lipinski definition) is 1. The van der Waals surface area contributed by atoms with Crippen LogP contribution in [-0.4, -0.2) is 37.3 Å². The van der Waals surface area contributed by atoms with Crippen molar-refractivity contribution in [3.05, 3.63) is 64.8 Å². The second kappa shape index (κ2) is 8.36. The van der Waals surface area contributed by atoms with Crippen LogP contribution in [0.1, 0.15) is 33.3 Å². The molecule has 1 N–H and O–H groups in total. The number of carbonyl (C=O) groups is 1. The van der Waals surface area contributed by atoms with E-state index in [0.717, 1.165) is 26.9 Å². The molecule has 0 aliphatic heterocycles. The molecule has 0 radical (unpaired) electrons. The molecule has 9 heteroatoms. The zero-order valence-corrected chi connectivity index (χ0v) is 16.9. The third-order valence-electron chi connectivity index (χ3n) is 4.48. The molecule has 29 heavy (non-hydrogen) atoms. The Kier molecular flexibility index (Phi) is 5.48. The molecular formula is C20H20N6O2S. The summed E-state index contributed by atoms with van der Waals surface area (Å²) in [5, 5.41) is 8.35. The van der Waals surface area contributed by atoms with Gasteiger partial charge in [0.2, 0.25) is 0 Å². The molecule has 0 atom stereocenters. The number of thiophene rings is 1. The Labute approximate surface area is 171 Å². The predicted octanol–water partition coefficient (Wildman–Crippen LogP) is 3.43. The van der Waals surface area contributed by atoms with Crippen LogP contribution in [0, 0.1) is 6.92 Å². The van der Waals surface area contributed by atoms with Gasteiger partial charge in [-0.2, -0.15) is 5.10 Å². The van der Waals surface area contributed by atoms with Crippen molar-refractivity contribution in [3.63, 3.8) is 0 Å². The minimum absolute atomic E-state index is 0.318. The van der Waals surface area contributed by atoms with E-state index in [9.17, 15) is 4.79 Å². The van der Waals surface area contributed by atoms with Gasteiger partial charge in [-0.25, -0.2) is 24.4 Å². The lowest BCUT2D eigenvalue weighted by atomic mass is 10.1. The summed E-state index contributed by atoms with van der Waals surface area (Å²) in [7, 11) is 0. The van der Waals surface area contributed by atoms with Gasteiger partial charge in [-0.15, -0.1) is 11.3 Å². The molecule has 0 aliphatic carbocycles. The molecule has 148 valence electrons. The third kappa shape index (κ3) is 4.09. The summed E-state index contributed by atoms with van der Waals surface area (Å²) in [6.07, 6.45) is 4.74. The van der Waals surface area contributed by atoms with E-state index >= 15 is 0 Å². The van der Waals surface area contributed by atoms with E-state index in [-0.39, 0.29) is 5.97 Å². The van der Waals surface area contributed by atoms with Crippen LogP contribution in [0.5, 0.6) is 0 Å². The second-order valence-corrected chi connectivity index (χ2v) is 7.44. The number of rotatable bonds is 7. The molecule has 0 saturated carbocycles. The first-order valence-corrected chi connectivity index (χ1v) is 10.0. The first kappa shape index (κ1) is 19.0. The van der Waals surface area contributed by atoms with Gasteiger partial charge in [0.05, 0.1) is 18.5 Å². The lowest BCUT2D eigenvalue weighted by Gasteiger charge is -2.08. The average Bonchev–Trinajstić information content (AvgIpc) is 3.36. The van der Waals surface area contributed by atoms with Gasteiger partial charge in [0.1, 0.15) is 34.5 Å². The molecule has 3 aromatic heterocycles. The average molecular weight is 408 g/mol. The molecule has 8 nitrogen and oxygen atoms in total. The van der Waals surface area contributed by atoms with Crippen LogP contribution >= 0.6 is 11.3 Å². The van der Waals surface area contributed by atoms with E-state index < -0.39 is 0 Å². The number of esters is 1. The van der Waals surface area contributed by atoms with Crippen molar-refractivity contribution in [2.24, 2.45) is 0 Å². The summed E-state index contributed by atoms with van der Waals surface area (Å²) < 4.78 is 6.93. The summed E-state index contributed by atoms with van der Waals surface area (Å²) in [6, 6.07) is 8.29. The lowest BCUT2D eigenvalue weighted by molar-refractivity contribution is 0.0531. The minimum atomic E-state index is -0.318. The fraction of sp³-hybridized carbons (Fsp3) is 0.250. The number of benzene rings is 1. The number of nitrogens with one attached hydrogen (secondary N) is 1. The molecule has 3 heterocycles. The number of aromatic nitrogens is 5. The molecule has 0 amide bonds. The van der Waals surface area contributed by atoms with Gasteiger partial charge in [-0.3, -0.25) is 0 Å². The minimum Gasteiger partial charge on any atom is -0.462 e. The maximum absolute atomic E-state index is 12.2. The highest BCUT2D eigenvalue weighted by Crippen LogP contribution is 2.33. The molecule has 4 aromatic rings. The van der Waals surface area contributed by atoms with Crippen molar-refractivity contribution in [2.75, 3.05) is 11.9 Å². The third-order valence-corrected chi connectivity index (χ3v) is 5.66. The summed E-state index contributed by atoms with van der Waals surface area (Å²) in [5.41, 5.74) is 3.11. The Morgan fingerprint density at radius 2 is 1.97 bits per heavy atom. The van der Waals surface area contributed by atoms with E-state index in [1.54, 1.807) is 17.9 Å². The molecule has 0 aliphatic rings. The molecule has 0 spiro atoms. The topological polar surface area (TPSA) is 94.8 Å². The summed E-state index contributed by atoms with van der Waals surface area (Å²) in [6.45, 7) is 5.34. The van der Waals surface area contributed by atoms with Crippen LogP contribution in [0.4, 0.5) is 5.82 Å². The van der Waals surface area contributed by atoms with Gasteiger partial charge < -0.3 is 10.1 Å². The number of anilines is 1. The summed E-state index contributed by atoms with van der Waals surface area (Å²) >= 11 is 1.33. The van der Waals surface area contributed by atoms with E-state index in [0.29, 0.717) is 30.4 Å². The van der Waals surface area contributed by atoms with Crippen molar-refractivity contribution in [3.8, 4) is 0 Å². The van der Waals surface area contributed by atoms with E-state index in [1.165, 1.54) is 24.0 Å². The zero-order chi connectivity index (χ0) is 20.2. The van der Waals surface area contributed by atoms with Crippen LogP contribution in [-0.2, 0) is 17.8 Å². The number of aryl methyl sites for hydroxylation is 1. The maximum Gasteiger partial charge on any atom is 0.348 e. The maximum atomic E-state index is 12.2. The second-order valence-electron chi connectivity index (χ2n) is 6.44. The van der Waals surface area contributed by atoms with E-state index in [1.807, 2.05) is 6.92 Å². The number of carbonyl (C=O) groups excluding carboxylic acids is 1. The molecule has 0 bridgehead atoms. The van der Waals surface area contributed by atoms with Crippen molar-refractivity contribution in [1.29, 1.82) is 0 Å². The molecule has 4 rings (SSSR count). The van der Waals surface area contributed by atoms with Gasteiger partial charge in [0.15, 0.2) is 0 Å². The Morgan fingerprint density at radius 1 is 1.17 bits per heavy atom. The molecular weight excluding hydrogens is 388 g/mol. The van der Waals surface area contributed by atoms with Crippen molar-refractivity contribution in [1.82, 2.24) is 24.7 Å². The number of ether oxygens (including phenoxy) is 1. The largest absolute Gasteiger partial charge is 0.462 e. The van der Waals surface area contributed by atoms with Crippen molar-refractivity contribution in [2.45, 2.75) is 26.9 Å². The summed E-state index contributed by atoms with van der Waals surface area (Å²) in [4.78, 5) is 26.2.